The summed E-state index contributed by atoms with van der Waals surface area (Å²) >= 11 is 6.94. The Morgan fingerprint density at radius 2 is 1.65 bits per heavy atom. The number of carbonyl (C=O) groups excluding carboxylic acids is 1. The van der Waals surface area contributed by atoms with Crippen LogP contribution in [0.2, 0.25) is 0 Å². The van der Waals surface area contributed by atoms with Crippen molar-refractivity contribution in [3.05, 3.63) is 29.3 Å². The first-order chi connectivity index (χ1) is 14.8. The Morgan fingerprint density at radius 1 is 0.968 bits per heavy atom. The first-order valence-corrected chi connectivity index (χ1v) is 13.7. The van der Waals surface area contributed by atoms with Crippen molar-refractivity contribution in [3.63, 3.8) is 0 Å². The largest absolute Gasteiger partial charge is 0.340 e. The molecule has 1 aromatic carbocycles. The highest BCUT2D eigenvalue weighted by atomic mass is 35.5. The van der Waals surface area contributed by atoms with Gasteiger partial charge in [-0.3, -0.25) is 4.79 Å². The Balaban J connectivity index is 1.16. The van der Waals surface area contributed by atoms with E-state index in [1.54, 1.807) is 10.4 Å². The van der Waals surface area contributed by atoms with Gasteiger partial charge < -0.3 is 4.90 Å². The first kappa shape index (κ1) is 20.5. The molecule has 4 bridgehead atoms. The van der Waals surface area contributed by atoms with Crippen molar-refractivity contribution in [1.82, 2.24) is 9.21 Å². The smallest absolute Gasteiger partial charge is 0.243 e. The number of halogens is 1. The molecule has 1 aromatic rings. The minimum Gasteiger partial charge on any atom is -0.340 e. The Hall–Kier alpha value is -1.11. The normalized spacial score (nSPS) is 37.3. The highest BCUT2D eigenvalue weighted by Gasteiger charge is 2.60. The molecule has 6 aliphatic rings. The molecule has 0 spiro atoms. The van der Waals surface area contributed by atoms with Gasteiger partial charge in [-0.25, -0.2) is 8.42 Å². The predicted molar refractivity (Wildman–Crippen MR) is 120 cm³/mol. The van der Waals surface area contributed by atoms with E-state index in [4.69, 9.17) is 11.6 Å². The maximum atomic E-state index is 13.6. The van der Waals surface area contributed by atoms with E-state index in [-0.39, 0.29) is 16.2 Å². The molecule has 2 atom stereocenters. The van der Waals surface area contributed by atoms with Crippen molar-refractivity contribution in [2.24, 2.45) is 17.3 Å². The molecule has 0 aromatic heterocycles. The second kappa shape index (κ2) is 6.94. The van der Waals surface area contributed by atoms with Crippen LogP contribution in [0.3, 0.4) is 0 Å². The van der Waals surface area contributed by atoms with E-state index in [2.05, 4.69) is 0 Å². The van der Waals surface area contributed by atoms with E-state index >= 15 is 0 Å². The molecule has 5 fully saturated rings. The molecule has 4 saturated carbocycles. The van der Waals surface area contributed by atoms with Gasteiger partial charge in [0.1, 0.15) is 0 Å². The Kier molecular flexibility index (Phi) is 4.59. The van der Waals surface area contributed by atoms with Crippen molar-refractivity contribution >= 4 is 27.5 Å². The number of piperazine rings is 1. The first-order valence-electron chi connectivity index (χ1n) is 11.9. The van der Waals surface area contributed by atoms with E-state index in [1.807, 2.05) is 17.0 Å². The fourth-order valence-corrected chi connectivity index (χ4v) is 9.89. The predicted octanol–water partition coefficient (Wildman–Crippen LogP) is 3.59. The van der Waals surface area contributed by atoms with E-state index in [9.17, 15) is 13.2 Å². The maximum Gasteiger partial charge on any atom is 0.243 e. The number of benzene rings is 1. The zero-order valence-electron chi connectivity index (χ0n) is 18.0. The summed E-state index contributed by atoms with van der Waals surface area (Å²) in [6.07, 6.45) is 9.23. The lowest BCUT2D eigenvalue weighted by Crippen LogP contribution is -2.61. The van der Waals surface area contributed by atoms with E-state index in [1.165, 1.54) is 17.5 Å². The number of amides is 1. The summed E-state index contributed by atoms with van der Waals surface area (Å²) < 4.78 is 28.0. The van der Waals surface area contributed by atoms with Gasteiger partial charge in [0.2, 0.25) is 15.9 Å². The number of rotatable bonds is 3. The van der Waals surface area contributed by atoms with E-state index in [0.717, 1.165) is 51.4 Å². The molecule has 5 nitrogen and oxygen atoms in total. The minimum absolute atomic E-state index is 0.182. The van der Waals surface area contributed by atoms with Gasteiger partial charge in [0.25, 0.3) is 0 Å². The topological polar surface area (TPSA) is 57.7 Å². The molecule has 168 valence electrons. The van der Waals surface area contributed by atoms with Crippen molar-refractivity contribution in [2.45, 2.75) is 67.6 Å². The van der Waals surface area contributed by atoms with Gasteiger partial charge in [-0.15, -0.1) is 11.6 Å². The van der Waals surface area contributed by atoms with Crippen LogP contribution in [0.25, 0.3) is 0 Å². The van der Waals surface area contributed by atoms with E-state index < -0.39 is 10.0 Å². The summed E-state index contributed by atoms with van der Waals surface area (Å²) in [5, 5.41) is 0. The lowest BCUT2D eigenvalue weighted by Gasteiger charge is -2.60. The summed E-state index contributed by atoms with van der Waals surface area (Å²) in [4.78, 5) is 15.8. The molecule has 0 radical (unpaired) electrons. The number of fused-ring (bicyclic) bond motifs is 1. The molecule has 1 aliphatic heterocycles. The quantitative estimate of drug-likeness (QED) is 0.645. The molecule has 0 N–H and O–H groups in total. The molecular formula is C24H31ClN2O3S. The van der Waals surface area contributed by atoms with Gasteiger partial charge in [-0.1, -0.05) is 6.07 Å². The summed E-state index contributed by atoms with van der Waals surface area (Å²) in [6.45, 7) is 1.71. The molecule has 1 heterocycles. The molecule has 2 unspecified atom stereocenters. The van der Waals surface area contributed by atoms with Crippen LogP contribution < -0.4 is 0 Å². The summed E-state index contributed by atoms with van der Waals surface area (Å²) in [7, 11) is -3.51. The third-order valence-corrected chi connectivity index (χ3v) is 11.0. The van der Waals surface area contributed by atoms with Crippen LogP contribution in [0, 0.1) is 17.3 Å². The molecule has 7 heteroatoms. The number of alkyl halides is 1. The van der Waals surface area contributed by atoms with Gasteiger partial charge >= 0.3 is 0 Å². The Bertz CT molecular complexity index is 1020. The van der Waals surface area contributed by atoms with Crippen LogP contribution >= 0.6 is 11.6 Å². The fraction of sp³-hybridized carbons (Fsp3) is 0.708. The summed E-state index contributed by atoms with van der Waals surface area (Å²) in [6, 6.07) is 5.60. The summed E-state index contributed by atoms with van der Waals surface area (Å²) in [5.41, 5.74) is 2.15. The van der Waals surface area contributed by atoms with Crippen molar-refractivity contribution in [3.8, 4) is 0 Å². The number of nitrogens with zero attached hydrogens (tertiary/aromatic N) is 2. The Morgan fingerprint density at radius 3 is 2.32 bits per heavy atom. The molecule has 5 aliphatic carbocycles. The zero-order valence-corrected chi connectivity index (χ0v) is 19.6. The molecule has 7 rings (SSSR count). The van der Waals surface area contributed by atoms with Crippen LogP contribution in [-0.2, 0) is 27.7 Å². The van der Waals surface area contributed by atoms with E-state index in [0.29, 0.717) is 42.9 Å². The third-order valence-electron chi connectivity index (χ3n) is 8.68. The average Bonchev–Trinajstić information content (AvgIpc) is 3.19. The second-order valence-corrected chi connectivity index (χ2v) is 13.6. The number of aryl methyl sites for hydroxylation is 2. The monoisotopic (exact) mass is 462 g/mol. The second-order valence-electron chi connectivity index (χ2n) is 10.9. The maximum absolute atomic E-state index is 13.6. The van der Waals surface area contributed by atoms with Crippen LogP contribution in [0.15, 0.2) is 23.1 Å². The Labute approximate surface area is 190 Å². The molecule has 31 heavy (non-hydrogen) atoms. The van der Waals surface area contributed by atoms with Crippen molar-refractivity contribution in [1.29, 1.82) is 0 Å². The van der Waals surface area contributed by atoms with Gasteiger partial charge in [-0.05, 0) is 92.9 Å². The van der Waals surface area contributed by atoms with Crippen LogP contribution in [0.1, 0.15) is 56.1 Å². The van der Waals surface area contributed by atoms with Crippen LogP contribution in [0.4, 0.5) is 0 Å². The van der Waals surface area contributed by atoms with Crippen molar-refractivity contribution < 1.29 is 13.2 Å². The SMILES string of the molecule is O=C(N1CCN(S(=O)(=O)c2ccc3c(c2)CCC3)CC1)C12CC3CC(CC(Cl)(C3)C1)C2. The molecule has 1 saturated heterocycles. The molecular weight excluding hydrogens is 432 g/mol. The summed E-state index contributed by atoms with van der Waals surface area (Å²) in [5.74, 6) is 1.41. The third kappa shape index (κ3) is 3.27. The van der Waals surface area contributed by atoms with Crippen molar-refractivity contribution in [2.75, 3.05) is 26.2 Å². The lowest BCUT2D eigenvalue weighted by atomic mass is 9.49. The number of hydrogen-bond donors (Lipinski definition) is 0. The fourth-order valence-electron chi connectivity index (χ4n) is 7.73. The van der Waals surface area contributed by atoms with Gasteiger partial charge in [0, 0.05) is 31.1 Å². The zero-order chi connectivity index (χ0) is 21.4. The minimum atomic E-state index is -3.51. The highest BCUT2D eigenvalue weighted by molar-refractivity contribution is 7.89. The average molecular weight is 463 g/mol. The number of hydrogen-bond acceptors (Lipinski definition) is 3. The number of carbonyl (C=O) groups is 1. The number of sulfonamides is 1. The lowest BCUT2D eigenvalue weighted by molar-refractivity contribution is -0.157. The van der Waals surface area contributed by atoms with Crippen LogP contribution in [0.5, 0.6) is 0 Å². The molecule has 1 amide bonds. The van der Waals surface area contributed by atoms with Crippen LogP contribution in [-0.4, -0.2) is 54.6 Å². The standard InChI is InChI=1S/C24H31ClN2O3S/c25-24-14-17-10-18(15-24)13-23(12-17,16-24)22(28)26-6-8-27(9-7-26)31(29,30)21-5-4-19-2-1-3-20(19)11-21/h4-5,11,17-18H,1-3,6-10,12-16H2. The highest BCUT2D eigenvalue weighted by Crippen LogP contribution is 2.64. The van der Waals surface area contributed by atoms with Gasteiger partial charge in [0.05, 0.1) is 10.3 Å². The van der Waals surface area contributed by atoms with Gasteiger partial charge in [-0.2, -0.15) is 4.31 Å². The van der Waals surface area contributed by atoms with Gasteiger partial charge in [0.15, 0.2) is 0 Å².